The van der Waals surface area contributed by atoms with Gasteiger partial charge in [-0.2, -0.15) is 18.3 Å². The van der Waals surface area contributed by atoms with E-state index < -0.39 is 23.8 Å². The van der Waals surface area contributed by atoms with Crippen molar-refractivity contribution in [3.8, 4) is 5.69 Å². The second-order valence-corrected chi connectivity index (χ2v) is 5.06. The number of aromatic nitrogens is 3. The first-order chi connectivity index (χ1) is 10.9. The van der Waals surface area contributed by atoms with Gasteiger partial charge in [-0.1, -0.05) is 0 Å². The Morgan fingerprint density at radius 3 is 2.83 bits per heavy atom. The summed E-state index contributed by atoms with van der Waals surface area (Å²) in [4.78, 5) is 15.6. The molecule has 1 N–H and O–H groups in total. The number of carbonyl (C=O) groups excluding carboxylic acids is 1. The molecule has 0 saturated carbocycles. The van der Waals surface area contributed by atoms with Gasteiger partial charge < -0.3 is 10.1 Å². The highest BCUT2D eigenvalue weighted by atomic mass is 19.4. The Hall–Kier alpha value is -2.42. The van der Waals surface area contributed by atoms with Crippen LogP contribution < -0.4 is 5.32 Å². The van der Waals surface area contributed by atoms with Crippen molar-refractivity contribution in [2.24, 2.45) is 0 Å². The van der Waals surface area contributed by atoms with Crippen LogP contribution in [0.5, 0.6) is 0 Å². The number of benzene rings is 1. The highest BCUT2D eigenvalue weighted by Gasteiger charge is 2.35. The van der Waals surface area contributed by atoms with Gasteiger partial charge in [-0.15, -0.1) is 0 Å². The van der Waals surface area contributed by atoms with Crippen molar-refractivity contribution >= 4 is 11.6 Å². The third-order valence-corrected chi connectivity index (χ3v) is 3.46. The summed E-state index contributed by atoms with van der Waals surface area (Å²) in [5.74, 6) is -0.441. The summed E-state index contributed by atoms with van der Waals surface area (Å²) in [6, 6.07) is 3.51. The van der Waals surface area contributed by atoms with Crippen LogP contribution in [0.2, 0.25) is 0 Å². The number of nitrogens with zero attached hydrogens (tertiary/aromatic N) is 3. The predicted octanol–water partition coefficient (Wildman–Crippen LogP) is 2.40. The fourth-order valence-corrected chi connectivity index (χ4v) is 2.38. The number of ether oxygens (including phenoxy) is 1. The van der Waals surface area contributed by atoms with E-state index in [2.05, 4.69) is 15.4 Å². The van der Waals surface area contributed by atoms with E-state index in [1.807, 2.05) is 0 Å². The number of halogens is 3. The number of alkyl halides is 3. The van der Waals surface area contributed by atoms with Crippen LogP contribution >= 0.6 is 0 Å². The van der Waals surface area contributed by atoms with Gasteiger partial charge in [0.1, 0.15) is 18.8 Å². The van der Waals surface area contributed by atoms with E-state index in [-0.39, 0.29) is 11.4 Å². The van der Waals surface area contributed by atoms with Crippen molar-refractivity contribution in [3.63, 3.8) is 0 Å². The van der Waals surface area contributed by atoms with E-state index in [9.17, 15) is 18.0 Å². The molecule has 1 amide bonds. The van der Waals surface area contributed by atoms with Crippen LogP contribution in [0.15, 0.2) is 30.9 Å². The number of anilines is 1. The van der Waals surface area contributed by atoms with Gasteiger partial charge in [0, 0.05) is 12.3 Å². The van der Waals surface area contributed by atoms with Crippen molar-refractivity contribution in [1.29, 1.82) is 0 Å². The quantitative estimate of drug-likeness (QED) is 0.940. The molecule has 3 rings (SSSR count). The molecular formula is C14H13F3N4O2. The Bertz CT molecular complexity index is 695. The lowest BCUT2D eigenvalue weighted by atomic mass is 10.1. The fraction of sp³-hybridized carbons (Fsp3) is 0.357. The van der Waals surface area contributed by atoms with Crippen molar-refractivity contribution in [2.75, 3.05) is 11.9 Å². The maximum Gasteiger partial charge on any atom is 0.418 e. The number of amides is 1. The van der Waals surface area contributed by atoms with Crippen LogP contribution in [0.1, 0.15) is 18.4 Å². The van der Waals surface area contributed by atoms with E-state index in [1.54, 1.807) is 0 Å². The average Bonchev–Trinajstić information content (AvgIpc) is 3.20. The zero-order valence-electron chi connectivity index (χ0n) is 11.9. The first-order valence-corrected chi connectivity index (χ1v) is 6.94. The third-order valence-electron chi connectivity index (χ3n) is 3.46. The zero-order chi connectivity index (χ0) is 16.4. The Kier molecular flexibility index (Phi) is 4.03. The predicted molar refractivity (Wildman–Crippen MR) is 74.0 cm³/mol. The van der Waals surface area contributed by atoms with Gasteiger partial charge in [-0.05, 0) is 31.0 Å². The number of carbonyl (C=O) groups is 1. The highest BCUT2D eigenvalue weighted by molar-refractivity contribution is 5.94. The minimum atomic E-state index is -4.59. The van der Waals surface area contributed by atoms with Gasteiger partial charge in [0.05, 0.1) is 11.3 Å². The summed E-state index contributed by atoms with van der Waals surface area (Å²) in [5.41, 5.74) is -1.01. The van der Waals surface area contributed by atoms with E-state index in [1.165, 1.54) is 18.5 Å². The molecular weight excluding hydrogens is 313 g/mol. The molecule has 122 valence electrons. The van der Waals surface area contributed by atoms with E-state index in [0.717, 1.165) is 23.5 Å². The van der Waals surface area contributed by atoms with Crippen LogP contribution in [0.4, 0.5) is 18.9 Å². The van der Waals surface area contributed by atoms with Crippen molar-refractivity contribution in [1.82, 2.24) is 14.8 Å². The lowest BCUT2D eigenvalue weighted by Gasteiger charge is -2.15. The van der Waals surface area contributed by atoms with Gasteiger partial charge >= 0.3 is 6.18 Å². The standard InChI is InChI=1S/C14H13F3N4O2/c15-14(16,17)10-6-9(20-13(22)12-2-1-5-23-12)3-4-11(10)21-8-18-7-19-21/h3-4,6-8,12H,1-2,5H2,(H,20,22)/t12-/m0/s1. The van der Waals surface area contributed by atoms with Crippen LogP contribution in [-0.4, -0.2) is 33.4 Å². The van der Waals surface area contributed by atoms with Crippen LogP contribution in [0.25, 0.3) is 5.69 Å². The molecule has 0 unspecified atom stereocenters. The molecule has 0 spiro atoms. The second kappa shape index (κ2) is 5.99. The summed E-state index contributed by atoms with van der Waals surface area (Å²) in [7, 11) is 0. The lowest BCUT2D eigenvalue weighted by Crippen LogP contribution is -2.27. The van der Waals surface area contributed by atoms with Crippen LogP contribution in [0, 0.1) is 0 Å². The molecule has 2 heterocycles. The highest BCUT2D eigenvalue weighted by Crippen LogP contribution is 2.35. The Labute approximate surface area is 129 Å². The molecule has 0 aliphatic carbocycles. The number of hydrogen-bond acceptors (Lipinski definition) is 4. The monoisotopic (exact) mass is 326 g/mol. The van der Waals surface area contributed by atoms with Gasteiger partial charge in [0.2, 0.25) is 0 Å². The summed E-state index contributed by atoms with van der Waals surface area (Å²) in [6.07, 6.45) is -1.56. The minimum absolute atomic E-state index is 0.0571. The second-order valence-electron chi connectivity index (χ2n) is 5.06. The number of rotatable bonds is 3. The molecule has 1 aromatic heterocycles. The smallest absolute Gasteiger partial charge is 0.368 e. The third kappa shape index (κ3) is 3.34. The largest absolute Gasteiger partial charge is 0.418 e. The molecule has 0 bridgehead atoms. The summed E-state index contributed by atoms with van der Waals surface area (Å²) < 4.78 is 46.0. The Balaban J connectivity index is 1.89. The molecule has 1 aliphatic heterocycles. The van der Waals surface area contributed by atoms with E-state index in [0.29, 0.717) is 13.0 Å². The van der Waals surface area contributed by atoms with Crippen LogP contribution in [-0.2, 0) is 15.7 Å². The Morgan fingerprint density at radius 2 is 2.22 bits per heavy atom. The first kappa shape index (κ1) is 15.5. The number of hydrogen-bond donors (Lipinski definition) is 1. The molecule has 6 nitrogen and oxygen atoms in total. The molecule has 2 aromatic rings. The van der Waals surface area contributed by atoms with Crippen LogP contribution in [0.3, 0.4) is 0 Å². The fourth-order valence-electron chi connectivity index (χ4n) is 2.38. The van der Waals surface area contributed by atoms with Gasteiger partial charge in [0.15, 0.2) is 0 Å². The molecule has 1 aromatic carbocycles. The maximum atomic E-state index is 13.3. The maximum absolute atomic E-state index is 13.3. The molecule has 1 fully saturated rings. The average molecular weight is 326 g/mol. The lowest BCUT2D eigenvalue weighted by molar-refractivity contribution is -0.137. The first-order valence-electron chi connectivity index (χ1n) is 6.94. The van der Waals surface area contributed by atoms with E-state index >= 15 is 0 Å². The summed E-state index contributed by atoms with van der Waals surface area (Å²) in [5, 5.41) is 6.17. The van der Waals surface area contributed by atoms with Crippen molar-refractivity contribution in [2.45, 2.75) is 25.1 Å². The molecule has 23 heavy (non-hydrogen) atoms. The molecule has 1 atom stereocenters. The SMILES string of the molecule is O=C(Nc1ccc(-n2cncn2)c(C(F)(F)F)c1)[C@@H]1CCCO1. The van der Waals surface area contributed by atoms with Gasteiger partial charge in [0.25, 0.3) is 5.91 Å². The van der Waals surface area contributed by atoms with Gasteiger partial charge in [-0.25, -0.2) is 9.67 Å². The topological polar surface area (TPSA) is 69.0 Å². The summed E-state index contributed by atoms with van der Waals surface area (Å²) in [6.45, 7) is 0.483. The molecule has 9 heteroatoms. The van der Waals surface area contributed by atoms with E-state index in [4.69, 9.17) is 4.74 Å². The van der Waals surface area contributed by atoms with Crippen molar-refractivity contribution in [3.05, 3.63) is 36.4 Å². The van der Waals surface area contributed by atoms with Crippen molar-refractivity contribution < 1.29 is 22.7 Å². The molecule has 1 saturated heterocycles. The minimum Gasteiger partial charge on any atom is -0.368 e. The summed E-state index contributed by atoms with van der Waals surface area (Å²) >= 11 is 0. The molecule has 0 radical (unpaired) electrons. The zero-order valence-corrected chi connectivity index (χ0v) is 11.9. The normalized spacial score (nSPS) is 18.1. The number of nitrogens with one attached hydrogen (secondary N) is 1. The van der Waals surface area contributed by atoms with Gasteiger partial charge in [-0.3, -0.25) is 4.79 Å². The molecule has 1 aliphatic rings. The Morgan fingerprint density at radius 1 is 1.39 bits per heavy atom.